The smallest absolute Gasteiger partial charge is 0.271 e. The molecular formula is C21H21ClN6O4S. The number of anilines is 2. The number of halogens is 1. The van der Waals surface area contributed by atoms with Crippen LogP contribution in [0.5, 0.6) is 0 Å². The Balaban J connectivity index is 1.54. The van der Waals surface area contributed by atoms with E-state index in [0.717, 1.165) is 11.3 Å². The standard InChI is InChI=1S/C21H21ClN6O4S/c1-14-3-2-4-15(11-14)27-20(26-7-9-32-10-8-26)24-25-21(27)33-13-19(29)23-18-12-16(28(30)31)5-6-17(18)22/h2-6,11-12H,7-10,13H2,1H3,(H,23,29). The number of nitro groups is 1. The summed E-state index contributed by atoms with van der Waals surface area (Å²) in [4.78, 5) is 25.2. The van der Waals surface area contributed by atoms with Gasteiger partial charge in [-0.3, -0.25) is 19.5 Å². The van der Waals surface area contributed by atoms with Gasteiger partial charge in [-0.15, -0.1) is 10.2 Å². The van der Waals surface area contributed by atoms with E-state index < -0.39 is 4.92 Å². The monoisotopic (exact) mass is 488 g/mol. The molecule has 0 atom stereocenters. The number of amides is 1. The minimum Gasteiger partial charge on any atom is -0.378 e. The summed E-state index contributed by atoms with van der Waals surface area (Å²) in [6.45, 7) is 4.61. The third-order valence-electron chi connectivity index (χ3n) is 4.94. The van der Waals surface area contributed by atoms with Gasteiger partial charge in [-0.2, -0.15) is 0 Å². The normalized spacial score (nSPS) is 13.7. The lowest BCUT2D eigenvalue weighted by Gasteiger charge is -2.28. The van der Waals surface area contributed by atoms with E-state index in [1.807, 2.05) is 35.8 Å². The Hall–Kier alpha value is -3.15. The van der Waals surface area contributed by atoms with Crippen molar-refractivity contribution in [3.63, 3.8) is 0 Å². The van der Waals surface area contributed by atoms with Gasteiger partial charge in [0.15, 0.2) is 5.16 Å². The van der Waals surface area contributed by atoms with E-state index in [2.05, 4.69) is 20.4 Å². The second kappa shape index (κ2) is 10.2. The Kier molecular flexibility index (Phi) is 7.11. The largest absolute Gasteiger partial charge is 0.378 e. The number of benzene rings is 2. The maximum atomic E-state index is 12.6. The highest BCUT2D eigenvalue weighted by atomic mass is 35.5. The minimum atomic E-state index is -0.543. The second-order valence-electron chi connectivity index (χ2n) is 7.31. The van der Waals surface area contributed by atoms with Crippen LogP contribution in [0.3, 0.4) is 0 Å². The summed E-state index contributed by atoms with van der Waals surface area (Å²) in [6.07, 6.45) is 0. The predicted octanol–water partition coefficient (Wildman–Crippen LogP) is 3.70. The van der Waals surface area contributed by atoms with Crippen molar-refractivity contribution in [3.05, 3.63) is 63.2 Å². The van der Waals surface area contributed by atoms with Crippen molar-refractivity contribution in [2.45, 2.75) is 12.1 Å². The van der Waals surface area contributed by atoms with Crippen LogP contribution < -0.4 is 10.2 Å². The highest BCUT2D eigenvalue weighted by molar-refractivity contribution is 7.99. The van der Waals surface area contributed by atoms with E-state index in [-0.39, 0.29) is 28.1 Å². The number of nitrogens with zero attached hydrogens (tertiary/aromatic N) is 5. The molecular weight excluding hydrogens is 468 g/mol. The van der Waals surface area contributed by atoms with E-state index in [9.17, 15) is 14.9 Å². The van der Waals surface area contributed by atoms with Crippen molar-refractivity contribution in [1.82, 2.24) is 14.8 Å². The maximum absolute atomic E-state index is 12.6. The highest BCUT2D eigenvalue weighted by Crippen LogP contribution is 2.29. The molecule has 0 saturated carbocycles. The number of morpholine rings is 1. The van der Waals surface area contributed by atoms with Crippen LogP contribution in [0.1, 0.15) is 5.56 Å². The number of rotatable bonds is 7. The van der Waals surface area contributed by atoms with Crippen molar-refractivity contribution in [3.8, 4) is 5.69 Å². The molecule has 172 valence electrons. The fraction of sp³-hybridized carbons (Fsp3) is 0.286. The molecule has 0 aliphatic carbocycles. The summed E-state index contributed by atoms with van der Waals surface area (Å²) in [5.41, 5.74) is 2.01. The van der Waals surface area contributed by atoms with Crippen LogP contribution in [0, 0.1) is 17.0 Å². The maximum Gasteiger partial charge on any atom is 0.271 e. The first kappa shape index (κ1) is 23.0. The molecule has 2 aromatic carbocycles. The number of carbonyl (C=O) groups is 1. The van der Waals surface area contributed by atoms with Crippen LogP contribution in [0.25, 0.3) is 5.69 Å². The number of ether oxygens (including phenoxy) is 1. The quantitative estimate of drug-likeness (QED) is 0.304. The molecule has 1 N–H and O–H groups in total. The molecule has 0 unspecified atom stereocenters. The number of hydrogen-bond donors (Lipinski definition) is 1. The lowest BCUT2D eigenvalue weighted by atomic mass is 10.2. The average molecular weight is 489 g/mol. The Bertz CT molecular complexity index is 1180. The lowest BCUT2D eigenvalue weighted by molar-refractivity contribution is -0.384. The Morgan fingerprint density at radius 3 is 2.76 bits per heavy atom. The first-order valence-corrected chi connectivity index (χ1v) is 11.5. The summed E-state index contributed by atoms with van der Waals surface area (Å²) >= 11 is 7.30. The predicted molar refractivity (Wildman–Crippen MR) is 127 cm³/mol. The van der Waals surface area contributed by atoms with Crippen molar-refractivity contribution >= 4 is 46.6 Å². The molecule has 0 radical (unpaired) electrons. The van der Waals surface area contributed by atoms with E-state index >= 15 is 0 Å². The number of hydrogen-bond acceptors (Lipinski definition) is 8. The van der Waals surface area contributed by atoms with Gasteiger partial charge in [0.2, 0.25) is 11.9 Å². The van der Waals surface area contributed by atoms with Gasteiger partial charge in [0.1, 0.15) is 0 Å². The van der Waals surface area contributed by atoms with Gasteiger partial charge >= 0.3 is 0 Å². The molecule has 1 fully saturated rings. The molecule has 1 aromatic heterocycles. The van der Waals surface area contributed by atoms with Gasteiger partial charge in [-0.1, -0.05) is 35.5 Å². The minimum absolute atomic E-state index is 0.0199. The summed E-state index contributed by atoms with van der Waals surface area (Å²) in [6, 6.07) is 11.9. The highest BCUT2D eigenvalue weighted by Gasteiger charge is 2.22. The number of aromatic nitrogens is 3. The Labute approximate surface area is 199 Å². The van der Waals surface area contributed by atoms with Crippen LogP contribution in [0.2, 0.25) is 5.02 Å². The van der Waals surface area contributed by atoms with Gasteiger partial charge in [0.25, 0.3) is 5.69 Å². The molecule has 4 rings (SSSR count). The van der Waals surface area contributed by atoms with E-state index in [0.29, 0.717) is 37.4 Å². The van der Waals surface area contributed by atoms with Crippen LogP contribution in [-0.4, -0.2) is 57.7 Å². The molecule has 0 spiro atoms. The summed E-state index contributed by atoms with van der Waals surface area (Å²) in [7, 11) is 0. The third kappa shape index (κ3) is 5.44. The van der Waals surface area contributed by atoms with Crippen LogP contribution in [0.4, 0.5) is 17.3 Å². The first-order chi connectivity index (χ1) is 15.9. The first-order valence-electron chi connectivity index (χ1n) is 10.1. The summed E-state index contributed by atoms with van der Waals surface area (Å²) in [5, 5.41) is 23.1. The zero-order valence-electron chi connectivity index (χ0n) is 17.7. The van der Waals surface area contributed by atoms with Gasteiger partial charge in [0.05, 0.1) is 40.3 Å². The molecule has 1 aliphatic rings. The number of nitrogens with one attached hydrogen (secondary N) is 1. The van der Waals surface area contributed by atoms with Crippen molar-refractivity contribution in [2.24, 2.45) is 0 Å². The SMILES string of the molecule is Cc1cccc(-n2c(SCC(=O)Nc3cc([N+](=O)[O-])ccc3Cl)nnc2N2CCOCC2)c1. The molecule has 3 aromatic rings. The van der Waals surface area contributed by atoms with Crippen LogP contribution in [0.15, 0.2) is 47.6 Å². The van der Waals surface area contributed by atoms with E-state index in [1.165, 1.54) is 30.0 Å². The average Bonchev–Trinajstić information content (AvgIpc) is 3.23. The van der Waals surface area contributed by atoms with E-state index in [4.69, 9.17) is 16.3 Å². The number of thioether (sulfide) groups is 1. The van der Waals surface area contributed by atoms with Crippen molar-refractivity contribution < 1.29 is 14.5 Å². The zero-order valence-corrected chi connectivity index (χ0v) is 19.3. The van der Waals surface area contributed by atoms with Crippen molar-refractivity contribution in [2.75, 3.05) is 42.3 Å². The van der Waals surface area contributed by atoms with Crippen molar-refractivity contribution in [1.29, 1.82) is 0 Å². The number of carbonyl (C=O) groups excluding carboxylic acids is 1. The second-order valence-corrected chi connectivity index (χ2v) is 8.66. The molecule has 2 heterocycles. The number of nitro benzene ring substituents is 1. The molecule has 1 aliphatic heterocycles. The molecule has 33 heavy (non-hydrogen) atoms. The van der Waals surface area contributed by atoms with Crippen LogP contribution in [-0.2, 0) is 9.53 Å². The fourth-order valence-electron chi connectivity index (χ4n) is 3.36. The Morgan fingerprint density at radius 1 is 1.24 bits per heavy atom. The molecule has 1 saturated heterocycles. The van der Waals surface area contributed by atoms with Gasteiger partial charge in [-0.25, -0.2) is 0 Å². The van der Waals surface area contributed by atoms with Gasteiger partial charge < -0.3 is 15.0 Å². The summed E-state index contributed by atoms with van der Waals surface area (Å²) < 4.78 is 7.38. The molecule has 1 amide bonds. The Morgan fingerprint density at radius 2 is 2.03 bits per heavy atom. The topological polar surface area (TPSA) is 115 Å². The number of aryl methyl sites for hydroxylation is 1. The van der Waals surface area contributed by atoms with Crippen LogP contribution >= 0.6 is 23.4 Å². The third-order valence-corrected chi connectivity index (χ3v) is 6.20. The summed E-state index contributed by atoms with van der Waals surface area (Å²) in [5.74, 6) is 0.342. The molecule has 10 nitrogen and oxygen atoms in total. The lowest BCUT2D eigenvalue weighted by Crippen LogP contribution is -2.37. The molecule has 0 bridgehead atoms. The molecule has 12 heteroatoms. The van der Waals surface area contributed by atoms with E-state index in [1.54, 1.807) is 0 Å². The van der Waals surface area contributed by atoms with Gasteiger partial charge in [-0.05, 0) is 30.7 Å². The fourth-order valence-corrected chi connectivity index (χ4v) is 4.27. The van der Waals surface area contributed by atoms with Gasteiger partial charge in [0, 0.05) is 25.2 Å². The zero-order chi connectivity index (χ0) is 23.4. The number of non-ortho nitro benzene ring substituents is 1.